The van der Waals surface area contributed by atoms with Crippen LogP contribution in [0.1, 0.15) is 89.0 Å². The highest BCUT2D eigenvalue weighted by Crippen LogP contribution is 2.67. The first-order chi connectivity index (χ1) is 62.5. The zero-order valence-electron chi connectivity index (χ0n) is 69.2. The number of benzene rings is 20. The Labute approximate surface area is 735 Å². The molecule has 0 saturated carbocycles. The second kappa shape index (κ2) is 28.8. The topological polar surface area (TPSA) is 6.48 Å². The summed E-state index contributed by atoms with van der Waals surface area (Å²) in [7, 11) is 0. The molecule has 0 fully saturated rings. The Bertz CT molecular complexity index is 6850. The van der Waals surface area contributed by atoms with Crippen molar-refractivity contribution in [2.75, 3.05) is 9.80 Å². The Morgan fingerprint density at radius 2 is 0.286 bits per heavy atom. The lowest BCUT2D eigenvalue weighted by Gasteiger charge is -2.36. The summed E-state index contributed by atoms with van der Waals surface area (Å²) in [5, 5.41) is 0. The normalized spacial score (nSPS) is 14.0. The fourth-order valence-corrected chi connectivity index (χ4v) is 23.5. The lowest BCUT2D eigenvalue weighted by atomic mass is 9.67. The van der Waals surface area contributed by atoms with Gasteiger partial charge < -0.3 is 9.80 Å². The average Bonchev–Trinajstić information content (AvgIpc) is 1.49. The molecule has 588 valence electrons. The highest BCUT2D eigenvalue weighted by molar-refractivity contribution is 6.02. The van der Waals surface area contributed by atoms with Gasteiger partial charge in [-0.1, -0.05) is 437 Å². The van der Waals surface area contributed by atoms with Gasteiger partial charge in [-0.3, -0.25) is 0 Å². The van der Waals surface area contributed by atoms with Crippen LogP contribution in [-0.4, -0.2) is 0 Å². The van der Waals surface area contributed by atoms with Gasteiger partial charge in [-0.15, -0.1) is 0 Å². The first-order valence-corrected chi connectivity index (χ1v) is 44.0. The maximum Gasteiger partial charge on any atom is 0.0726 e. The predicted molar refractivity (Wildman–Crippen MR) is 520 cm³/mol. The van der Waals surface area contributed by atoms with E-state index in [4.69, 9.17) is 0 Å². The van der Waals surface area contributed by atoms with Crippen LogP contribution >= 0.6 is 0 Å². The van der Waals surface area contributed by atoms with Gasteiger partial charge in [-0.25, -0.2) is 0 Å². The summed E-state index contributed by atoms with van der Waals surface area (Å²) < 4.78 is 0. The minimum atomic E-state index is -0.537. The SMILES string of the molecule is c1ccc(-c2ccccc2N(c2ccc3c(c2)C(c2ccccc2)(c2ccccc2)c2ccccc2-3)c2ccc3c(c2)C(c2ccccc2)(c2ccccc2)c2ccccc2-3)cc1.c1ccc(-c2ccccc2N(c2ccc3c(c2)C2(c4ccccc4-c4ccccc42)c2ccccc2-3)c2ccc3c(c2)C2(c4ccccc4-c4ccccc42)c2ccccc2-3)cc1. The third-order valence-corrected chi connectivity index (χ3v) is 28.3. The Morgan fingerprint density at radius 3 is 0.516 bits per heavy atom. The van der Waals surface area contributed by atoms with E-state index in [9.17, 15) is 0 Å². The summed E-state index contributed by atoms with van der Waals surface area (Å²) in [5.41, 5.74) is 45.8. The Balaban J connectivity index is 0.000000137. The van der Waals surface area contributed by atoms with E-state index < -0.39 is 21.7 Å². The van der Waals surface area contributed by atoms with E-state index in [2.05, 4.69) is 507 Å². The van der Waals surface area contributed by atoms with Crippen LogP contribution in [0.15, 0.2) is 497 Å². The molecule has 20 aromatic rings. The molecule has 26 rings (SSSR count). The van der Waals surface area contributed by atoms with Crippen molar-refractivity contribution in [1.29, 1.82) is 0 Å². The molecule has 0 aliphatic heterocycles. The monoisotopic (exact) mass is 1600 g/mol. The summed E-state index contributed by atoms with van der Waals surface area (Å²) in [5.74, 6) is 0. The van der Waals surface area contributed by atoms with Crippen LogP contribution in [0.3, 0.4) is 0 Å². The largest absolute Gasteiger partial charge is 0.310 e. The average molecular weight is 1600 g/mol. The number of fused-ring (bicyclic) bond motifs is 26. The molecule has 2 nitrogen and oxygen atoms in total. The van der Waals surface area contributed by atoms with Gasteiger partial charge in [-0.2, -0.15) is 0 Å². The summed E-state index contributed by atoms with van der Waals surface area (Å²) >= 11 is 0. The van der Waals surface area contributed by atoms with E-state index in [1.54, 1.807) is 0 Å². The quantitative estimate of drug-likeness (QED) is 0.120. The molecule has 0 N–H and O–H groups in total. The highest BCUT2D eigenvalue weighted by Gasteiger charge is 2.55. The van der Waals surface area contributed by atoms with Gasteiger partial charge in [0.1, 0.15) is 0 Å². The number of hydrogen-bond donors (Lipinski definition) is 0. The van der Waals surface area contributed by atoms with Crippen LogP contribution < -0.4 is 9.80 Å². The molecule has 0 saturated heterocycles. The summed E-state index contributed by atoms with van der Waals surface area (Å²) in [6.45, 7) is 0. The summed E-state index contributed by atoms with van der Waals surface area (Å²) in [6.07, 6.45) is 0. The van der Waals surface area contributed by atoms with Crippen LogP contribution in [0.2, 0.25) is 0 Å². The standard InChI is InChI=1S/C62H39N.C62H43N/c1-2-18-40(19-3-1)43-20-10-17-33-60(43)63(41-34-36-50-48-25-8-15-31-56(48)61(58(50)38-41)52-27-11-4-21-44(52)45-22-5-12-28-53(45)61)42-35-37-51-49-26-9-16-32-57(49)62(59(51)39-42)54-29-13-6-23-46(54)47-24-7-14-30-55(47)62;1-6-22-44(23-7-1)51-32-18-21-37-60(51)63(49-38-40-54-52-33-16-19-35-56(52)61(58(54)42-49,45-24-8-2-9-25-45)46-26-10-3-11-27-46)50-39-41-55-53-34-17-20-36-57(53)62(59(55)43-50,47-28-12-4-13-29-47)48-30-14-5-15-31-48/h1-39H;1-43H. The fraction of sp³-hybridized carbons (Fsp3) is 0.0323. The second-order valence-corrected chi connectivity index (χ2v) is 34.2. The molecule has 2 heteroatoms. The number of rotatable bonds is 12. The van der Waals surface area contributed by atoms with Crippen molar-refractivity contribution in [3.8, 4) is 89.0 Å². The van der Waals surface area contributed by atoms with E-state index in [0.29, 0.717) is 0 Å². The molecule has 0 unspecified atom stereocenters. The van der Waals surface area contributed by atoms with Crippen molar-refractivity contribution in [1.82, 2.24) is 0 Å². The van der Waals surface area contributed by atoms with E-state index in [1.807, 2.05) is 0 Å². The Morgan fingerprint density at radius 1 is 0.119 bits per heavy atom. The molecule has 20 aromatic carbocycles. The van der Waals surface area contributed by atoms with Crippen molar-refractivity contribution < 1.29 is 0 Å². The number of nitrogens with zero attached hydrogens (tertiary/aromatic N) is 2. The predicted octanol–water partition coefficient (Wildman–Crippen LogP) is 31.1. The molecule has 0 aromatic heterocycles. The first kappa shape index (κ1) is 72.8. The Kier molecular flexibility index (Phi) is 16.7. The maximum absolute atomic E-state index is 2.54. The maximum atomic E-state index is 2.54. The van der Waals surface area contributed by atoms with E-state index in [0.717, 1.165) is 34.1 Å². The van der Waals surface area contributed by atoms with E-state index in [1.165, 1.54) is 178 Å². The van der Waals surface area contributed by atoms with Crippen molar-refractivity contribution in [2.24, 2.45) is 0 Å². The molecule has 126 heavy (non-hydrogen) atoms. The number of anilines is 6. The molecule has 0 atom stereocenters. The highest BCUT2D eigenvalue weighted by atomic mass is 15.2. The molecule has 6 aliphatic carbocycles. The van der Waals surface area contributed by atoms with Gasteiger partial charge in [0.25, 0.3) is 0 Å². The molecule has 0 heterocycles. The molecule has 6 aliphatic rings. The minimum Gasteiger partial charge on any atom is -0.310 e. The molecule has 0 amide bonds. The van der Waals surface area contributed by atoms with Crippen LogP contribution in [-0.2, 0) is 21.7 Å². The number of para-hydroxylation sites is 2. The molecule has 0 bridgehead atoms. The zero-order chi connectivity index (χ0) is 83.1. The number of hydrogen-bond acceptors (Lipinski definition) is 2. The van der Waals surface area contributed by atoms with Crippen molar-refractivity contribution in [3.05, 3.63) is 586 Å². The molecular formula is C124H82N2. The molecular weight excluding hydrogens is 1520 g/mol. The first-order valence-electron chi connectivity index (χ1n) is 44.0. The van der Waals surface area contributed by atoms with Crippen LogP contribution in [0.25, 0.3) is 89.0 Å². The molecule has 0 radical (unpaired) electrons. The third kappa shape index (κ3) is 10.3. The van der Waals surface area contributed by atoms with Gasteiger partial charge in [0.15, 0.2) is 0 Å². The smallest absolute Gasteiger partial charge is 0.0726 e. The third-order valence-electron chi connectivity index (χ3n) is 28.3. The van der Waals surface area contributed by atoms with Crippen LogP contribution in [0, 0.1) is 0 Å². The van der Waals surface area contributed by atoms with E-state index >= 15 is 0 Å². The summed E-state index contributed by atoms with van der Waals surface area (Å²) in [6, 6.07) is 185. The van der Waals surface area contributed by atoms with Gasteiger partial charge in [0, 0.05) is 33.9 Å². The molecule has 2 spiro atoms. The van der Waals surface area contributed by atoms with Crippen LogP contribution in [0.5, 0.6) is 0 Å². The van der Waals surface area contributed by atoms with Gasteiger partial charge >= 0.3 is 0 Å². The second-order valence-electron chi connectivity index (χ2n) is 34.2. The van der Waals surface area contributed by atoms with E-state index in [-0.39, 0.29) is 0 Å². The minimum absolute atomic E-state index is 0.458. The van der Waals surface area contributed by atoms with Gasteiger partial charge in [0.2, 0.25) is 0 Å². The lowest BCUT2D eigenvalue weighted by molar-refractivity contribution is 0.767. The lowest BCUT2D eigenvalue weighted by Crippen LogP contribution is -2.29. The Hall–Kier alpha value is -16.0. The van der Waals surface area contributed by atoms with Crippen molar-refractivity contribution in [3.63, 3.8) is 0 Å². The van der Waals surface area contributed by atoms with Crippen molar-refractivity contribution >= 4 is 34.1 Å². The van der Waals surface area contributed by atoms with Crippen molar-refractivity contribution in [2.45, 2.75) is 21.7 Å². The van der Waals surface area contributed by atoms with Crippen LogP contribution in [0.4, 0.5) is 34.1 Å². The van der Waals surface area contributed by atoms with Gasteiger partial charge in [0.05, 0.1) is 33.0 Å². The summed E-state index contributed by atoms with van der Waals surface area (Å²) in [4.78, 5) is 5.05. The van der Waals surface area contributed by atoms with Gasteiger partial charge in [-0.05, 0) is 228 Å². The fourth-order valence-electron chi connectivity index (χ4n) is 23.5. The zero-order valence-corrected chi connectivity index (χ0v) is 69.2.